The highest BCUT2D eigenvalue weighted by Crippen LogP contribution is 2.12. The molecule has 0 saturated carbocycles. The molecule has 2 aromatic carbocycles. The molecule has 0 aromatic heterocycles. The Hall–Kier alpha value is -2.38. The number of amides is 2. The van der Waals surface area contributed by atoms with Gasteiger partial charge in [-0.2, -0.15) is 0 Å². The van der Waals surface area contributed by atoms with E-state index < -0.39 is 0 Å². The van der Waals surface area contributed by atoms with Gasteiger partial charge in [-0.15, -0.1) is 0 Å². The van der Waals surface area contributed by atoms with E-state index >= 15 is 0 Å². The van der Waals surface area contributed by atoms with Gasteiger partial charge in [0, 0.05) is 36.1 Å². The Labute approximate surface area is 174 Å². The van der Waals surface area contributed by atoms with Crippen molar-refractivity contribution in [2.24, 2.45) is 0 Å². The van der Waals surface area contributed by atoms with E-state index in [0.29, 0.717) is 25.3 Å². The maximum Gasteiger partial charge on any atom is 0.251 e. The Bertz CT molecular complexity index is 761. The molecule has 150 valence electrons. The number of rotatable bonds is 10. The molecule has 6 nitrogen and oxygen atoms in total. The van der Waals surface area contributed by atoms with Gasteiger partial charge in [-0.3, -0.25) is 9.59 Å². The normalized spacial score (nSPS) is 10.6. The third kappa shape index (κ3) is 8.10. The Morgan fingerprint density at radius 3 is 2.32 bits per heavy atom. The molecule has 7 heteroatoms. The van der Waals surface area contributed by atoms with E-state index in [-0.39, 0.29) is 18.2 Å². The van der Waals surface area contributed by atoms with Crippen LogP contribution < -0.4 is 15.4 Å². The number of carbonyl (C=O) groups is 2. The summed E-state index contributed by atoms with van der Waals surface area (Å²) in [5.41, 5.74) is 1.56. The van der Waals surface area contributed by atoms with Crippen molar-refractivity contribution >= 4 is 27.7 Å². The molecule has 2 amide bonds. The monoisotopic (exact) mass is 447 g/mol. The second kappa shape index (κ2) is 11.5. The van der Waals surface area contributed by atoms with Crippen LogP contribution in [0, 0.1) is 0 Å². The van der Waals surface area contributed by atoms with Gasteiger partial charge < -0.3 is 20.3 Å². The Morgan fingerprint density at radius 2 is 1.68 bits per heavy atom. The van der Waals surface area contributed by atoms with Crippen LogP contribution in [0.1, 0.15) is 22.3 Å². The summed E-state index contributed by atoms with van der Waals surface area (Å²) < 4.78 is 6.56. The molecule has 0 atom stereocenters. The quantitative estimate of drug-likeness (QED) is 0.587. The van der Waals surface area contributed by atoms with Crippen LogP contribution >= 0.6 is 15.9 Å². The average Bonchev–Trinajstić information content (AvgIpc) is 2.67. The van der Waals surface area contributed by atoms with Crippen LogP contribution in [0.5, 0.6) is 5.75 Å². The lowest BCUT2D eigenvalue weighted by Gasteiger charge is -2.11. The standard InChI is InChI=1S/C21H26BrN3O3/c1-25(2)13-14-28-19-9-3-16(4-10-19)15-24-20(26)11-12-23-21(27)17-5-7-18(22)8-6-17/h3-10H,11-15H2,1-2H3,(H,23,27)(H,24,26). The number of likely N-dealkylation sites (N-methyl/N-ethyl adjacent to an activating group) is 1. The molecule has 0 bridgehead atoms. The van der Waals surface area contributed by atoms with Crippen molar-refractivity contribution in [2.45, 2.75) is 13.0 Å². The van der Waals surface area contributed by atoms with E-state index in [2.05, 4.69) is 31.5 Å². The fourth-order valence-electron chi connectivity index (χ4n) is 2.33. The first kappa shape index (κ1) is 21.9. The van der Waals surface area contributed by atoms with E-state index in [0.717, 1.165) is 22.3 Å². The molecule has 0 heterocycles. The molecule has 0 spiro atoms. The molecule has 28 heavy (non-hydrogen) atoms. The number of halogens is 1. The molecule has 2 N–H and O–H groups in total. The first-order valence-corrected chi connectivity index (χ1v) is 9.90. The van der Waals surface area contributed by atoms with Gasteiger partial charge in [-0.25, -0.2) is 0 Å². The van der Waals surface area contributed by atoms with E-state index in [1.165, 1.54) is 0 Å². The minimum Gasteiger partial charge on any atom is -0.492 e. The van der Waals surface area contributed by atoms with Gasteiger partial charge in [0.15, 0.2) is 0 Å². The van der Waals surface area contributed by atoms with E-state index in [1.807, 2.05) is 38.4 Å². The SMILES string of the molecule is CN(C)CCOc1ccc(CNC(=O)CCNC(=O)c2ccc(Br)cc2)cc1. The second-order valence-corrected chi connectivity index (χ2v) is 7.50. The van der Waals surface area contributed by atoms with E-state index in [1.54, 1.807) is 24.3 Å². The van der Waals surface area contributed by atoms with Crippen molar-refractivity contribution in [3.8, 4) is 5.75 Å². The van der Waals surface area contributed by atoms with Gasteiger partial charge in [0.25, 0.3) is 5.91 Å². The van der Waals surface area contributed by atoms with Crippen LogP contribution in [0.2, 0.25) is 0 Å². The molecule has 0 fully saturated rings. The molecule has 2 rings (SSSR count). The van der Waals surface area contributed by atoms with Gasteiger partial charge in [0.2, 0.25) is 5.91 Å². The highest BCUT2D eigenvalue weighted by molar-refractivity contribution is 9.10. The summed E-state index contributed by atoms with van der Waals surface area (Å²) in [5.74, 6) is 0.514. The highest BCUT2D eigenvalue weighted by atomic mass is 79.9. The first-order chi connectivity index (χ1) is 13.4. The van der Waals surface area contributed by atoms with Crippen molar-refractivity contribution in [1.29, 1.82) is 0 Å². The molecular weight excluding hydrogens is 422 g/mol. The summed E-state index contributed by atoms with van der Waals surface area (Å²) in [6.07, 6.45) is 0.230. The predicted molar refractivity (Wildman–Crippen MR) is 113 cm³/mol. The van der Waals surface area contributed by atoms with Gasteiger partial charge in [-0.1, -0.05) is 28.1 Å². The number of hydrogen-bond donors (Lipinski definition) is 2. The average molecular weight is 448 g/mol. The minimum atomic E-state index is -0.190. The molecule has 0 aliphatic heterocycles. The number of benzene rings is 2. The van der Waals surface area contributed by atoms with Crippen LogP contribution in [0.25, 0.3) is 0 Å². The number of ether oxygens (including phenoxy) is 1. The lowest BCUT2D eigenvalue weighted by atomic mass is 10.2. The molecule has 0 aliphatic rings. The molecular formula is C21H26BrN3O3. The summed E-state index contributed by atoms with van der Waals surface area (Å²) >= 11 is 3.33. The van der Waals surface area contributed by atoms with Crippen molar-refractivity contribution < 1.29 is 14.3 Å². The third-order valence-corrected chi connectivity index (χ3v) is 4.49. The number of nitrogens with zero attached hydrogens (tertiary/aromatic N) is 1. The van der Waals surface area contributed by atoms with Gasteiger partial charge in [-0.05, 0) is 56.1 Å². The molecule has 0 unspecified atom stereocenters. The maximum absolute atomic E-state index is 12.0. The van der Waals surface area contributed by atoms with E-state index in [9.17, 15) is 9.59 Å². The second-order valence-electron chi connectivity index (χ2n) is 6.59. The summed E-state index contributed by atoms with van der Waals surface area (Å²) in [4.78, 5) is 26.0. The summed E-state index contributed by atoms with van der Waals surface area (Å²) in [5, 5.41) is 5.60. The van der Waals surface area contributed by atoms with Crippen LogP contribution in [0.4, 0.5) is 0 Å². The molecule has 2 aromatic rings. The van der Waals surface area contributed by atoms with Crippen LogP contribution in [-0.4, -0.2) is 50.5 Å². The number of carbonyl (C=O) groups excluding carboxylic acids is 2. The Morgan fingerprint density at radius 1 is 1.00 bits per heavy atom. The van der Waals surface area contributed by atoms with Crippen molar-refractivity contribution in [1.82, 2.24) is 15.5 Å². The highest BCUT2D eigenvalue weighted by Gasteiger charge is 2.07. The van der Waals surface area contributed by atoms with Gasteiger partial charge in [0.05, 0.1) is 0 Å². The molecule has 0 radical (unpaired) electrons. The Kier molecular flexibility index (Phi) is 8.97. The van der Waals surface area contributed by atoms with Gasteiger partial charge in [0.1, 0.15) is 12.4 Å². The Balaban J connectivity index is 1.65. The van der Waals surface area contributed by atoms with E-state index in [4.69, 9.17) is 4.74 Å². The summed E-state index contributed by atoms with van der Waals surface area (Å²) in [6.45, 7) is 2.22. The van der Waals surface area contributed by atoms with Gasteiger partial charge >= 0.3 is 0 Å². The zero-order valence-electron chi connectivity index (χ0n) is 16.2. The zero-order valence-corrected chi connectivity index (χ0v) is 17.8. The van der Waals surface area contributed by atoms with Crippen molar-refractivity contribution in [3.05, 3.63) is 64.1 Å². The zero-order chi connectivity index (χ0) is 20.4. The number of nitrogens with one attached hydrogen (secondary N) is 2. The van der Waals surface area contributed by atoms with Crippen LogP contribution in [0.15, 0.2) is 53.0 Å². The van der Waals surface area contributed by atoms with Crippen LogP contribution in [0.3, 0.4) is 0 Å². The fraction of sp³-hybridized carbons (Fsp3) is 0.333. The number of hydrogen-bond acceptors (Lipinski definition) is 4. The topological polar surface area (TPSA) is 70.7 Å². The smallest absolute Gasteiger partial charge is 0.251 e. The maximum atomic E-state index is 12.0. The van der Waals surface area contributed by atoms with Crippen molar-refractivity contribution in [3.63, 3.8) is 0 Å². The molecule has 0 saturated heterocycles. The first-order valence-electron chi connectivity index (χ1n) is 9.11. The van der Waals surface area contributed by atoms with Crippen LogP contribution in [-0.2, 0) is 11.3 Å². The largest absolute Gasteiger partial charge is 0.492 e. The fourth-order valence-corrected chi connectivity index (χ4v) is 2.60. The predicted octanol–water partition coefficient (Wildman–Crippen LogP) is 2.83. The molecule has 0 aliphatic carbocycles. The summed E-state index contributed by atoms with van der Waals surface area (Å²) in [7, 11) is 4.00. The lowest BCUT2D eigenvalue weighted by Crippen LogP contribution is -2.30. The minimum absolute atomic E-state index is 0.109. The van der Waals surface area contributed by atoms with Crippen molar-refractivity contribution in [2.75, 3.05) is 33.8 Å². The summed E-state index contributed by atoms with van der Waals surface area (Å²) in [6, 6.07) is 14.7. The lowest BCUT2D eigenvalue weighted by molar-refractivity contribution is -0.121. The third-order valence-electron chi connectivity index (χ3n) is 3.96.